The van der Waals surface area contributed by atoms with Crippen LogP contribution in [0.4, 0.5) is 4.39 Å². The van der Waals surface area contributed by atoms with Crippen molar-refractivity contribution in [2.24, 2.45) is 11.1 Å². The molecule has 0 spiro atoms. The Balaban J connectivity index is 2.73. The van der Waals surface area contributed by atoms with Crippen molar-refractivity contribution in [1.29, 1.82) is 0 Å². The molecule has 0 saturated carbocycles. The summed E-state index contributed by atoms with van der Waals surface area (Å²) >= 11 is 0. The standard InChI is InChI=1S/C15H22FNO2/c1-15(2,3)9-10(17)7-14(18)12-6-5-11(19-4)8-13(12)16/h5-6,8,10H,7,9,17H2,1-4H3. The average molecular weight is 267 g/mol. The Labute approximate surface area is 113 Å². The number of halogens is 1. The average Bonchev–Trinajstić information content (AvgIpc) is 2.25. The molecule has 0 radical (unpaired) electrons. The van der Waals surface area contributed by atoms with E-state index in [1.165, 1.54) is 19.2 Å². The van der Waals surface area contributed by atoms with E-state index in [9.17, 15) is 9.18 Å². The number of nitrogens with two attached hydrogens (primary N) is 1. The molecule has 0 bridgehead atoms. The van der Waals surface area contributed by atoms with Gasteiger partial charge in [-0.15, -0.1) is 0 Å². The van der Waals surface area contributed by atoms with Gasteiger partial charge in [-0.2, -0.15) is 0 Å². The van der Waals surface area contributed by atoms with Gasteiger partial charge in [0, 0.05) is 18.5 Å². The van der Waals surface area contributed by atoms with Gasteiger partial charge in [-0.25, -0.2) is 4.39 Å². The van der Waals surface area contributed by atoms with Gasteiger partial charge in [0.15, 0.2) is 5.78 Å². The molecule has 0 aromatic heterocycles. The van der Waals surface area contributed by atoms with Crippen molar-refractivity contribution in [3.63, 3.8) is 0 Å². The highest BCUT2D eigenvalue weighted by atomic mass is 19.1. The van der Waals surface area contributed by atoms with Crippen LogP contribution in [0.1, 0.15) is 44.0 Å². The van der Waals surface area contributed by atoms with E-state index in [4.69, 9.17) is 10.5 Å². The van der Waals surface area contributed by atoms with E-state index in [0.717, 1.165) is 6.42 Å². The lowest BCUT2D eigenvalue weighted by Gasteiger charge is -2.22. The van der Waals surface area contributed by atoms with Crippen LogP contribution < -0.4 is 10.5 Å². The molecule has 19 heavy (non-hydrogen) atoms. The Kier molecular flexibility index (Phi) is 5.06. The Morgan fingerprint density at radius 2 is 2.05 bits per heavy atom. The van der Waals surface area contributed by atoms with Crippen LogP contribution in [0.25, 0.3) is 0 Å². The van der Waals surface area contributed by atoms with Crippen LogP contribution in [0.15, 0.2) is 18.2 Å². The molecular weight excluding hydrogens is 245 g/mol. The first-order valence-electron chi connectivity index (χ1n) is 6.35. The Bertz CT molecular complexity index is 452. The molecule has 0 saturated heterocycles. The van der Waals surface area contributed by atoms with E-state index < -0.39 is 5.82 Å². The summed E-state index contributed by atoms with van der Waals surface area (Å²) in [6.45, 7) is 6.18. The number of carbonyl (C=O) groups excluding carboxylic acids is 1. The molecule has 1 unspecified atom stereocenters. The van der Waals surface area contributed by atoms with Crippen molar-refractivity contribution >= 4 is 5.78 Å². The third-order valence-electron chi connectivity index (χ3n) is 2.80. The number of Topliss-reactive ketones (excluding diaryl/α,β-unsaturated/α-hetero) is 1. The fraction of sp³-hybridized carbons (Fsp3) is 0.533. The normalized spacial score (nSPS) is 13.2. The van der Waals surface area contributed by atoms with E-state index in [0.29, 0.717) is 5.75 Å². The van der Waals surface area contributed by atoms with Gasteiger partial charge in [-0.1, -0.05) is 20.8 Å². The van der Waals surface area contributed by atoms with Crippen molar-refractivity contribution in [1.82, 2.24) is 0 Å². The van der Waals surface area contributed by atoms with Gasteiger partial charge in [0.2, 0.25) is 0 Å². The summed E-state index contributed by atoms with van der Waals surface area (Å²) in [4.78, 5) is 12.0. The van der Waals surface area contributed by atoms with Crippen LogP contribution in [0, 0.1) is 11.2 Å². The maximum Gasteiger partial charge on any atom is 0.167 e. The van der Waals surface area contributed by atoms with Gasteiger partial charge in [-0.05, 0) is 24.0 Å². The van der Waals surface area contributed by atoms with E-state index in [1.54, 1.807) is 6.07 Å². The maximum atomic E-state index is 13.7. The SMILES string of the molecule is COc1ccc(C(=O)CC(N)CC(C)(C)C)c(F)c1. The fourth-order valence-electron chi connectivity index (χ4n) is 2.06. The molecule has 4 heteroatoms. The van der Waals surface area contributed by atoms with E-state index in [1.807, 2.05) is 0 Å². The minimum Gasteiger partial charge on any atom is -0.497 e. The van der Waals surface area contributed by atoms with Gasteiger partial charge in [0.25, 0.3) is 0 Å². The molecule has 0 amide bonds. The monoisotopic (exact) mass is 267 g/mol. The minimum absolute atomic E-state index is 0.0537. The van der Waals surface area contributed by atoms with Crippen molar-refractivity contribution in [2.45, 2.75) is 39.7 Å². The zero-order chi connectivity index (χ0) is 14.6. The van der Waals surface area contributed by atoms with Crippen LogP contribution in [-0.4, -0.2) is 18.9 Å². The smallest absolute Gasteiger partial charge is 0.167 e. The summed E-state index contributed by atoms with van der Waals surface area (Å²) in [7, 11) is 1.45. The predicted octanol–water partition coefficient (Wildman–Crippen LogP) is 3.17. The van der Waals surface area contributed by atoms with Crippen LogP contribution in [0.5, 0.6) is 5.75 Å². The van der Waals surface area contributed by atoms with Gasteiger partial charge >= 0.3 is 0 Å². The second kappa shape index (κ2) is 6.15. The highest BCUT2D eigenvalue weighted by molar-refractivity contribution is 5.96. The first-order valence-corrected chi connectivity index (χ1v) is 6.35. The van der Waals surface area contributed by atoms with Crippen LogP contribution in [0.3, 0.4) is 0 Å². The third kappa shape index (κ3) is 4.99. The van der Waals surface area contributed by atoms with Crippen molar-refractivity contribution in [3.05, 3.63) is 29.6 Å². The number of rotatable bonds is 5. The molecule has 1 atom stereocenters. The molecular formula is C15H22FNO2. The summed E-state index contributed by atoms with van der Waals surface area (Å²) < 4.78 is 18.6. The number of hydrogen-bond acceptors (Lipinski definition) is 3. The first kappa shape index (κ1) is 15.6. The lowest BCUT2D eigenvalue weighted by Crippen LogP contribution is -2.29. The number of hydrogen-bond donors (Lipinski definition) is 1. The molecule has 0 aliphatic rings. The second-order valence-corrected chi connectivity index (χ2v) is 6.00. The molecule has 106 valence electrons. The molecule has 0 heterocycles. The van der Waals surface area contributed by atoms with Crippen molar-refractivity contribution in [3.8, 4) is 5.75 Å². The fourth-order valence-corrected chi connectivity index (χ4v) is 2.06. The minimum atomic E-state index is -0.563. The molecule has 1 aromatic rings. The number of benzene rings is 1. The van der Waals surface area contributed by atoms with Crippen LogP contribution in [0.2, 0.25) is 0 Å². The summed E-state index contributed by atoms with van der Waals surface area (Å²) in [6, 6.07) is 3.98. The van der Waals surface area contributed by atoms with Crippen molar-refractivity contribution in [2.75, 3.05) is 7.11 Å². The van der Waals surface area contributed by atoms with Gasteiger partial charge in [0.05, 0.1) is 12.7 Å². The number of ketones is 1. The highest BCUT2D eigenvalue weighted by Crippen LogP contribution is 2.23. The highest BCUT2D eigenvalue weighted by Gasteiger charge is 2.20. The third-order valence-corrected chi connectivity index (χ3v) is 2.80. The summed E-state index contributed by atoms with van der Waals surface area (Å²) in [6.07, 6.45) is 0.872. The quantitative estimate of drug-likeness (QED) is 0.834. The zero-order valence-corrected chi connectivity index (χ0v) is 12.0. The summed E-state index contributed by atoms with van der Waals surface area (Å²) in [5.41, 5.74) is 6.06. The number of ether oxygens (including phenoxy) is 1. The molecule has 0 fully saturated rings. The molecule has 3 nitrogen and oxygen atoms in total. The lowest BCUT2D eigenvalue weighted by molar-refractivity contribution is 0.0964. The molecule has 0 aliphatic heterocycles. The van der Waals surface area contributed by atoms with Gasteiger partial charge in [-0.3, -0.25) is 4.79 Å². The summed E-state index contributed by atoms with van der Waals surface area (Å²) in [5.74, 6) is -0.433. The van der Waals surface area contributed by atoms with E-state index in [-0.39, 0.29) is 29.2 Å². The van der Waals surface area contributed by atoms with Crippen LogP contribution in [-0.2, 0) is 0 Å². The lowest BCUT2D eigenvalue weighted by atomic mass is 9.86. The number of methoxy groups -OCH3 is 1. The Morgan fingerprint density at radius 1 is 1.42 bits per heavy atom. The Hall–Kier alpha value is -1.42. The molecule has 1 aromatic carbocycles. The Morgan fingerprint density at radius 3 is 2.53 bits per heavy atom. The topological polar surface area (TPSA) is 52.3 Å². The molecule has 0 aliphatic carbocycles. The van der Waals surface area contributed by atoms with Gasteiger partial charge in [0.1, 0.15) is 11.6 Å². The summed E-state index contributed by atoms with van der Waals surface area (Å²) in [5, 5.41) is 0. The second-order valence-electron chi connectivity index (χ2n) is 6.00. The van der Waals surface area contributed by atoms with E-state index >= 15 is 0 Å². The van der Waals surface area contributed by atoms with Gasteiger partial charge < -0.3 is 10.5 Å². The maximum absolute atomic E-state index is 13.7. The number of carbonyl (C=O) groups is 1. The molecule has 1 rings (SSSR count). The van der Waals surface area contributed by atoms with E-state index in [2.05, 4.69) is 20.8 Å². The predicted molar refractivity (Wildman–Crippen MR) is 73.9 cm³/mol. The first-order chi connectivity index (χ1) is 8.73. The van der Waals surface area contributed by atoms with Crippen molar-refractivity contribution < 1.29 is 13.9 Å². The largest absolute Gasteiger partial charge is 0.497 e. The van der Waals surface area contributed by atoms with Crippen LogP contribution >= 0.6 is 0 Å². The molecule has 2 N–H and O–H groups in total. The zero-order valence-electron chi connectivity index (χ0n) is 12.0.